The molecule has 0 aliphatic heterocycles. The van der Waals surface area contributed by atoms with Crippen molar-refractivity contribution in [2.24, 2.45) is 5.73 Å². The molecule has 0 aliphatic rings. The first-order valence-corrected chi connectivity index (χ1v) is 8.48. The molecule has 20 heavy (non-hydrogen) atoms. The summed E-state index contributed by atoms with van der Waals surface area (Å²) in [7, 11) is -1.15. The van der Waals surface area contributed by atoms with Gasteiger partial charge in [0.2, 0.25) is 0 Å². The van der Waals surface area contributed by atoms with E-state index in [4.69, 9.17) is 5.73 Å². The number of halogens is 1. The Bertz CT molecular complexity index is 612. The molecule has 4 heteroatoms. The minimum Gasteiger partial charge on any atom is -0.323 e. The highest BCUT2D eigenvalue weighted by atomic mass is 79.9. The summed E-state index contributed by atoms with van der Waals surface area (Å²) in [4.78, 5) is 0.794. The molecule has 0 spiro atoms. The van der Waals surface area contributed by atoms with E-state index in [2.05, 4.69) is 15.9 Å². The number of hydrogen-bond donors (Lipinski definition) is 1. The summed E-state index contributed by atoms with van der Waals surface area (Å²) in [5, 5.41) is -0.156. The van der Waals surface area contributed by atoms with Gasteiger partial charge in [-0.05, 0) is 47.5 Å². The van der Waals surface area contributed by atoms with E-state index in [0.29, 0.717) is 0 Å². The van der Waals surface area contributed by atoms with Gasteiger partial charge >= 0.3 is 0 Å². The van der Waals surface area contributed by atoms with Crippen LogP contribution < -0.4 is 5.73 Å². The summed E-state index contributed by atoms with van der Waals surface area (Å²) in [6.45, 7) is 3.97. The van der Waals surface area contributed by atoms with E-state index >= 15 is 0 Å². The average molecular weight is 352 g/mol. The fourth-order valence-corrected chi connectivity index (χ4v) is 4.06. The SMILES string of the molecule is Cc1ccc(C(N)C(C)S(=O)c2ccccc2Br)cc1. The first-order valence-electron chi connectivity index (χ1n) is 6.48. The summed E-state index contributed by atoms with van der Waals surface area (Å²) in [5.74, 6) is 0. The maximum atomic E-state index is 12.6. The summed E-state index contributed by atoms with van der Waals surface area (Å²) in [6.07, 6.45) is 0. The number of aryl methyl sites for hydroxylation is 1. The van der Waals surface area contributed by atoms with Crippen molar-refractivity contribution in [1.82, 2.24) is 0 Å². The van der Waals surface area contributed by atoms with Crippen molar-refractivity contribution < 1.29 is 4.21 Å². The topological polar surface area (TPSA) is 43.1 Å². The van der Waals surface area contributed by atoms with Crippen molar-refractivity contribution in [2.45, 2.75) is 30.0 Å². The monoisotopic (exact) mass is 351 g/mol. The Kier molecular flexibility index (Phi) is 5.13. The molecule has 0 radical (unpaired) electrons. The lowest BCUT2D eigenvalue weighted by atomic mass is 10.0. The van der Waals surface area contributed by atoms with E-state index in [-0.39, 0.29) is 11.3 Å². The number of hydrogen-bond acceptors (Lipinski definition) is 2. The first-order chi connectivity index (χ1) is 9.50. The Balaban J connectivity index is 2.22. The molecular weight excluding hydrogens is 334 g/mol. The third-order valence-electron chi connectivity index (χ3n) is 3.36. The molecule has 0 bridgehead atoms. The Labute approximate surface area is 131 Å². The van der Waals surface area contributed by atoms with Gasteiger partial charge in [0.1, 0.15) is 0 Å². The van der Waals surface area contributed by atoms with Gasteiger partial charge in [0.25, 0.3) is 0 Å². The molecule has 0 amide bonds. The normalized spacial score (nSPS) is 15.6. The highest BCUT2D eigenvalue weighted by Crippen LogP contribution is 2.27. The van der Waals surface area contributed by atoms with Crippen molar-refractivity contribution in [3.8, 4) is 0 Å². The van der Waals surface area contributed by atoms with Gasteiger partial charge in [0.15, 0.2) is 0 Å². The van der Waals surface area contributed by atoms with Crippen molar-refractivity contribution in [1.29, 1.82) is 0 Å². The molecular formula is C16H18BrNOS. The Morgan fingerprint density at radius 2 is 1.70 bits per heavy atom. The zero-order valence-corrected chi connectivity index (χ0v) is 13.9. The first kappa shape index (κ1) is 15.4. The van der Waals surface area contributed by atoms with Crippen LogP contribution in [0, 0.1) is 6.92 Å². The summed E-state index contributed by atoms with van der Waals surface area (Å²) in [6, 6.07) is 15.4. The smallest absolute Gasteiger partial charge is 0.0588 e. The van der Waals surface area contributed by atoms with E-state index in [1.807, 2.05) is 62.4 Å². The standard InChI is InChI=1S/C16H18BrNOS/c1-11-7-9-13(10-8-11)16(18)12(2)20(19)15-6-4-3-5-14(15)17/h3-10,12,16H,18H2,1-2H3. The Morgan fingerprint density at radius 3 is 2.30 bits per heavy atom. The predicted octanol–water partition coefficient (Wildman–Crippen LogP) is 3.95. The highest BCUT2D eigenvalue weighted by Gasteiger charge is 2.23. The lowest BCUT2D eigenvalue weighted by Crippen LogP contribution is -2.27. The molecule has 3 unspecified atom stereocenters. The van der Waals surface area contributed by atoms with Gasteiger partial charge in [-0.25, -0.2) is 0 Å². The maximum absolute atomic E-state index is 12.6. The molecule has 106 valence electrons. The highest BCUT2D eigenvalue weighted by molar-refractivity contribution is 9.10. The average Bonchev–Trinajstić information content (AvgIpc) is 2.46. The van der Waals surface area contributed by atoms with Gasteiger partial charge in [-0.1, -0.05) is 42.0 Å². The molecule has 0 saturated heterocycles. The van der Waals surface area contributed by atoms with Crippen LogP contribution in [0.1, 0.15) is 24.1 Å². The summed E-state index contributed by atoms with van der Waals surface area (Å²) >= 11 is 3.45. The van der Waals surface area contributed by atoms with Crippen LogP contribution in [0.5, 0.6) is 0 Å². The number of nitrogens with two attached hydrogens (primary N) is 1. The Morgan fingerprint density at radius 1 is 1.10 bits per heavy atom. The van der Waals surface area contributed by atoms with Crippen LogP contribution in [0.3, 0.4) is 0 Å². The summed E-state index contributed by atoms with van der Waals surface area (Å²) < 4.78 is 13.5. The maximum Gasteiger partial charge on any atom is 0.0588 e. The van der Waals surface area contributed by atoms with Crippen LogP contribution in [-0.2, 0) is 10.8 Å². The van der Waals surface area contributed by atoms with Gasteiger partial charge in [0, 0.05) is 10.5 Å². The van der Waals surface area contributed by atoms with Crippen LogP contribution >= 0.6 is 15.9 Å². The minimum absolute atomic E-state index is 0.156. The number of rotatable bonds is 4. The van der Waals surface area contributed by atoms with Gasteiger partial charge in [-0.3, -0.25) is 4.21 Å². The van der Waals surface area contributed by atoms with Gasteiger partial charge in [-0.15, -0.1) is 0 Å². The molecule has 2 N–H and O–H groups in total. The fourth-order valence-electron chi connectivity index (χ4n) is 2.00. The van der Waals surface area contributed by atoms with Gasteiger partial charge in [-0.2, -0.15) is 0 Å². The van der Waals surface area contributed by atoms with Crippen LogP contribution in [0.15, 0.2) is 57.9 Å². The predicted molar refractivity (Wildman–Crippen MR) is 88.1 cm³/mol. The van der Waals surface area contributed by atoms with Crippen LogP contribution in [-0.4, -0.2) is 9.46 Å². The van der Waals surface area contributed by atoms with Crippen molar-refractivity contribution in [3.63, 3.8) is 0 Å². The second-order valence-electron chi connectivity index (χ2n) is 4.87. The lowest BCUT2D eigenvalue weighted by molar-refractivity contribution is 0.643. The number of benzene rings is 2. The molecule has 2 rings (SSSR count). The molecule has 0 fully saturated rings. The molecule has 0 aliphatic carbocycles. The molecule has 0 heterocycles. The minimum atomic E-state index is -1.15. The molecule has 0 saturated carbocycles. The van der Waals surface area contributed by atoms with E-state index < -0.39 is 10.8 Å². The van der Waals surface area contributed by atoms with Gasteiger partial charge in [0.05, 0.1) is 20.9 Å². The van der Waals surface area contributed by atoms with E-state index in [0.717, 1.165) is 14.9 Å². The second-order valence-corrected chi connectivity index (χ2v) is 7.50. The van der Waals surface area contributed by atoms with Crippen molar-refractivity contribution in [3.05, 3.63) is 64.1 Å². The molecule has 2 nitrogen and oxygen atoms in total. The third kappa shape index (κ3) is 3.37. The second kappa shape index (κ2) is 6.66. The molecule has 3 atom stereocenters. The third-order valence-corrected chi connectivity index (χ3v) is 6.07. The van der Waals surface area contributed by atoms with Crippen LogP contribution in [0.4, 0.5) is 0 Å². The lowest BCUT2D eigenvalue weighted by Gasteiger charge is -2.20. The van der Waals surface area contributed by atoms with Crippen LogP contribution in [0.2, 0.25) is 0 Å². The van der Waals surface area contributed by atoms with Gasteiger partial charge < -0.3 is 5.73 Å². The van der Waals surface area contributed by atoms with Crippen molar-refractivity contribution >= 4 is 26.7 Å². The van der Waals surface area contributed by atoms with Crippen LogP contribution in [0.25, 0.3) is 0 Å². The molecule has 2 aromatic rings. The zero-order valence-electron chi connectivity index (χ0n) is 11.5. The fraction of sp³-hybridized carbons (Fsp3) is 0.250. The quantitative estimate of drug-likeness (QED) is 0.905. The van der Waals surface area contributed by atoms with E-state index in [1.165, 1.54) is 5.56 Å². The summed E-state index contributed by atoms with van der Waals surface area (Å²) in [5.41, 5.74) is 8.48. The Hall–Kier alpha value is -0.970. The van der Waals surface area contributed by atoms with E-state index in [1.54, 1.807) is 0 Å². The largest absolute Gasteiger partial charge is 0.323 e. The molecule has 2 aromatic carbocycles. The van der Waals surface area contributed by atoms with Crippen molar-refractivity contribution in [2.75, 3.05) is 0 Å². The zero-order chi connectivity index (χ0) is 14.7. The van der Waals surface area contributed by atoms with E-state index in [9.17, 15) is 4.21 Å². The molecule has 0 aromatic heterocycles.